The van der Waals surface area contributed by atoms with Crippen LogP contribution in [0.4, 0.5) is 5.69 Å². The fraction of sp³-hybridized carbons (Fsp3) is 0.438. The highest BCUT2D eigenvalue weighted by Gasteiger charge is 2.18. The van der Waals surface area contributed by atoms with Gasteiger partial charge in [-0.3, -0.25) is 9.59 Å². The summed E-state index contributed by atoms with van der Waals surface area (Å²) in [5.41, 5.74) is 2.02. The number of anilines is 1. The Morgan fingerprint density at radius 3 is 2.09 bits per heavy atom. The van der Waals surface area contributed by atoms with Crippen molar-refractivity contribution in [2.75, 3.05) is 31.2 Å². The quantitative estimate of drug-likeness (QED) is 0.715. The molecular weight excluding hydrogens is 284 g/mol. The third kappa shape index (κ3) is 5.09. The first-order chi connectivity index (χ1) is 10.5. The van der Waals surface area contributed by atoms with Gasteiger partial charge < -0.3 is 14.4 Å². The van der Waals surface area contributed by atoms with Crippen LogP contribution < -0.4 is 4.90 Å². The van der Waals surface area contributed by atoms with Crippen molar-refractivity contribution in [3.8, 4) is 6.07 Å². The van der Waals surface area contributed by atoms with Crippen molar-refractivity contribution < 1.29 is 19.1 Å². The lowest BCUT2D eigenvalue weighted by Gasteiger charge is -2.24. The first-order valence-electron chi connectivity index (χ1n) is 7.08. The highest BCUT2D eigenvalue weighted by atomic mass is 16.5. The van der Waals surface area contributed by atoms with Crippen LogP contribution in [0.2, 0.25) is 0 Å². The summed E-state index contributed by atoms with van der Waals surface area (Å²) >= 11 is 0. The summed E-state index contributed by atoms with van der Waals surface area (Å²) in [7, 11) is 0. The molecule has 118 valence electrons. The van der Waals surface area contributed by atoms with Crippen LogP contribution in [0.3, 0.4) is 0 Å². The SMILES string of the molecule is CCOC(=O)CN(CC(=O)OCC)c1ccc(C#N)cc1C. The van der Waals surface area contributed by atoms with Crippen LogP contribution in [-0.2, 0) is 19.1 Å². The Morgan fingerprint density at radius 2 is 1.68 bits per heavy atom. The van der Waals surface area contributed by atoms with Crippen LogP contribution in [0.5, 0.6) is 0 Å². The third-order valence-electron chi connectivity index (χ3n) is 2.92. The fourth-order valence-corrected chi connectivity index (χ4v) is 2.03. The number of hydrogen-bond acceptors (Lipinski definition) is 6. The van der Waals surface area contributed by atoms with Gasteiger partial charge in [0.2, 0.25) is 0 Å². The Bertz CT molecular complexity index is 558. The molecule has 0 saturated carbocycles. The molecule has 0 saturated heterocycles. The molecule has 0 fully saturated rings. The molecule has 0 spiro atoms. The molecule has 0 aromatic heterocycles. The largest absolute Gasteiger partial charge is 0.465 e. The van der Waals surface area contributed by atoms with Crippen LogP contribution in [0.15, 0.2) is 18.2 Å². The molecule has 0 aliphatic carbocycles. The van der Waals surface area contributed by atoms with E-state index in [-0.39, 0.29) is 26.3 Å². The second kappa shape index (κ2) is 8.67. The summed E-state index contributed by atoms with van der Waals surface area (Å²) in [6.45, 7) is 5.70. The molecular formula is C16H20N2O4. The summed E-state index contributed by atoms with van der Waals surface area (Å²) in [4.78, 5) is 25.1. The average molecular weight is 304 g/mol. The zero-order valence-corrected chi connectivity index (χ0v) is 13.1. The van der Waals surface area contributed by atoms with E-state index < -0.39 is 11.9 Å². The predicted octanol–water partition coefficient (Wildman–Crippen LogP) is 1.80. The van der Waals surface area contributed by atoms with Crippen molar-refractivity contribution in [3.63, 3.8) is 0 Å². The van der Waals surface area contributed by atoms with Gasteiger partial charge in [0, 0.05) is 5.69 Å². The van der Waals surface area contributed by atoms with Crippen LogP contribution in [0, 0.1) is 18.3 Å². The predicted molar refractivity (Wildman–Crippen MR) is 81.4 cm³/mol. The summed E-state index contributed by atoms with van der Waals surface area (Å²) in [6, 6.07) is 7.12. The van der Waals surface area contributed by atoms with Crippen molar-refractivity contribution >= 4 is 17.6 Å². The molecule has 22 heavy (non-hydrogen) atoms. The lowest BCUT2D eigenvalue weighted by molar-refractivity contribution is -0.142. The molecule has 0 amide bonds. The number of ether oxygens (including phenoxy) is 2. The zero-order chi connectivity index (χ0) is 16.5. The minimum atomic E-state index is -0.421. The second-order valence-corrected chi connectivity index (χ2v) is 4.58. The molecule has 6 heteroatoms. The highest BCUT2D eigenvalue weighted by molar-refractivity contribution is 5.82. The monoisotopic (exact) mass is 304 g/mol. The molecule has 0 heterocycles. The molecule has 1 aromatic rings. The van der Waals surface area contributed by atoms with Gasteiger partial charge in [0.05, 0.1) is 24.8 Å². The van der Waals surface area contributed by atoms with Crippen molar-refractivity contribution in [1.29, 1.82) is 5.26 Å². The maximum absolute atomic E-state index is 11.7. The van der Waals surface area contributed by atoms with Crippen molar-refractivity contribution in [2.45, 2.75) is 20.8 Å². The molecule has 1 aromatic carbocycles. The molecule has 0 bridgehead atoms. The minimum Gasteiger partial charge on any atom is -0.465 e. The van der Waals surface area contributed by atoms with Gasteiger partial charge in [-0.05, 0) is 44.5 Å². The van der Waals surface area contributed by atoms with Crippen LogP contribution in [0.25, 0.3) is 0 Å². The lowest BCUT2D eigenvalue weighted by Crippen LogP contribution is -2.36. The molecule has 6 nitrogen and oxygen atoms in total. The van der Waals surface area contributed by atoms with Crippen molar-refractivity contribution in [2.24, 2.45) is 0 Å². The molecule has 0 radical (unpaired) electrons. The van der Waals surface area contributed by atoms with E-state index in [1.54, 1.807) is 36.9 Å². The van der Waals surface area contributed by atoms with E-state index in [4.69, 9.17) is 14.7 Å². The average Bonchev–Trinajstić information content (AvgIpc) is 2.47. The van der Waals surface area contributed by atoms with Crippen LogP contribution >= 0.6 is 0 Å². The number of benzene rings is 1. The molecule has 1 rings (SSSR count). The zero-order valence-electron chi connectivity index (χ0n) is 13.1. The maximum Gasteiger partial charge on any atom is 0.325 e. The smallest absolute Gasteiger partial charge is 0.325 e. The van der Waals surface area contributed by atoms with E-state index in [0.29, 0.717) is 11.3 Å². The first-order valence-corrected chi connectivity index (χ1v) is 7.08. The summed E-state index contributed by atoms with van der Waals surface area (Å²) in [6.07, 6.45) is 0. The standard InChI is InChI=1S/C16H20N2O4/c1-4-21-15(19)10-18(11-16(20)22-5-2)14-7-6-13(9-17)8-12(14)3/h6-8H,4-5,10-11H2,1-3H3. The Balaban J connectivity index is 3.00. The highest BCUT2D eigenvalue weighted by Crippen LogP contribution is 2.21. The maximum atomic E-state index is 11.7. The van der Waals surface area contributed by atoms with Crippen LogP contribution in [-0.4, -0.2) is 38.2 Å². The topological polar surface area (TPSA) is 79.6 Å². The Hall–Kier alpha value is -2.55. The molecule has 0 N–H and O–H groups in total. The van der Waals surface area contributed by atoms with E-state index in [1.165, 1.54) is 0 Å². The van der Waals surface area contributed by atoms with Gasteiger partial charge in [-0.25, -0.2) is 0 Å². The normalized spacial score (nSPS) is 9.73. The number of aryl methyl sites for hydroxylation is 1. The van der Waals surface area contributed by atoms with Crippen LogP contribution in [0.1, 0.15) is 25.0 Å². The summed E-state index contributed by atoms with van der Waals surface area (Å²) < 4.78 is 9.87. The number of nitriles is 1. The van der Waals surface area contributed by atoms with Gasteiger partial charge in [-0.15, -0.1) is 0 Å². The fourth-order valence-electron chi connectivity index (χ4n) is 2.03. The molecule has 0 aliphatic heterocycles. The van der Waals surface area contributed by atoms with E-state index >= 15 is 0 Å². The van der Waals surface area contributed by atoms with E-state index in [1.807, 2.05) is 6.92 Å². The molecule has 0 aliphatic rings. The number of esters is 2. The Kier molecular flexibility index (Phi) is 6.90. The van der Waals surface area contributed by atoms with Gasteiger partial charge in [-0.2, -0.15) is 5.26 Å². The number of carbonyl (C=O) groups is 2. The number of hydrogen-bond donors (Lipinski definition) is 0. The second-order valence-electron chi connectivity index (χ2n) is 4.58. The van der Waals surface area contributed by atoms with E-state index in [0.717, 1.165) is 5.56 Å². The number of nitrogens with zero attached hydrogens (tertiary/aromatic N) is 2. The number of rotatable bonds is 7. The summed E-state index contributed by atoms with van der Waals surface area (Å²) in [5.74, 6) is -0.842. The van der Waals surface area contributed by atoms with E-state index in [9.17, 15) is 9.59 Å². The van der Waals surface area contributed by atoms with Crippen molar-refractivity contribution in [3.05, 3.63) is 29.3 Å². The van der Waals surface area contributed by atoms with Gasteiger partial charge in [0.25, 0.3) is 0 Å². The van der Waals surface area contributed by atoms with Gasteiger partial charge in [0.15, 0.2) is 0 Å². The van der Waals surface area contributed by atoms with Crippen molar-refractivity contribution in [1.82, 2.24) is 0 Å². The molecule has 0 unspecified atom stereocenters. The number of carbonyl (C=O) groups excluding carboxylic acids is 2. The van der Waals surface area contributed by atoms with Gasteiger partial charge in [0.1, 0.15) is 13.1 Å². The van der Waals surface area contributed by atoms with Gasteiger partial charge in [-0.1, -0.05) is 0 Å². The van der Waals surface area contributed by atoms with Gasteiger partial charge >= 0.3 is 11.9 Å². The summed E-state index contributed by atoms with van der Waals surface area (Å²) in [5, 5.41) is 8.91. The molecule has 0 atom stereocenters. The Morgan fingerprint density at radius 1 is 1.14 bits per heavy atom. The lowest BCUT2D eigenvalue weighted by atomic mass is 10.1. The Labute approximate surface area is 130 Å². The third-order valence-corrected chi connectivity index (χ3v) is 2.92. The first kappa shape index (κ1) is 17.5. The van der Waals surface area contributed by atoms with E-state index in [2.05, 4.69) is 6.07 Å². The minimum absolute atomic E-state index is 0.0562.